The third kappa shape index (κ3) is 2.68. The molecule has 0 saturated heterocycles. The second kappa shape index (κ2) is 5.27. The van der Waals surface area contributed by atoms with Crippen molar-refractivity contribution in [2.24, 2.45) is 5.73 Å². The van der Waals surface area contributed by atoms with Gasteiger partial charge >= 0.3 is 0 Å². The minimum Gasteiger partial charge on any atom is -0.389 e. The summed E-state index contributed by atoms with van der Waals surface area (Å²) in [5.41, 5.74) is 6.69. The number of hydrogen-bond donors (Lipinski definition) is 1. The first-order chi connectivity index (χ1) is 9.02. The Morgan fingerprint density at radius 3 is 2.58 bits per heavy atom. The normalized spacial score (nSPS) is 10.4. The molecule has 1 aromatic heterocycles. The van der Waals surface area contributed by atoms with Crippen molar-refractivity contribution in [3.8, 4) is 11.3 Å². The van der Waals surface area contributed by atoms with Crippen LogP contribution in [0.5, 0.6) is 0 Å². The summed E-state index contributed by atoms with van der Waals surface area (Å²) in [7, 11) is 0. The van der Waals surface area contributed by atoms with Crippen LogP contribution in [0.3, 0.4) is 0 Å². The first-order valence-corrected chi connectivity index (χ1v) is 6.11. The van der Waals surface area contributed by atoms with Gasteiger partial charge in [0.2, 0.25) is 0 Å². The van der Waals surface area contributed by atoms with Crippen LogP contribution in [0.1, 0.15) is 12.5 Å². The van der Waals surface area contributed by atoms with Crippen molar-refractivity contribution in [2.75, 3.05) is 0 Å². The molecule has 0 aliphatic heterocycles. The van der Waals surface area contributed by atoms with Gasteiger partial charge in [0.15, 0.2) is 0 Å². The number of aromatic nitrogens is 2. The largest absolute Gasteiger partial charge is 0.389 e. The summed E-state index contributed by atoms with van der Waals surface area (Å²) in [4.78, 5) is 12.0. The SMILES string of the molecule is CCn1nc(-c2ccc(F)cc2)cc(C(N)=S)c1=O. The predicted molar refractivity (Wildman–Crippen MR) is 75.5 cm³/mol. The van der Waals surface area contributed by atoms with E-state index in [1.54, 1.807) is 19.1 Å². The number of rotatable bonds is 3. The van der Waals surface area contributed by atoms with Crippen molar-refractivity contribution >= 4 is 17.2 Å². The highest BCUT2D eigenvalue weighted by atomic mass is 32.1. The molecule has 0 unspecified atom stereocenters. The lowest BCUT2D eigenvalue weighted by atomic mass is 10.1. The Kier molecular flexibility index (Phi) is 3.71. The van der Waals surface area contributed by atoms with Crippen molar-refractivity contribution < 1.29 is 4.39 Å². The van der Waals surface area contributed by atoms with E-state index in [4.69, 9.17) is 18.0 Å². The van der Waals surface area contributed by atoms with Crippen molar-refractivity contribution in [2.45, 2.75) is 13.5 Å². The van der Waals surface area contributed by atoms with E-state index in [9.17, 15) is 9.18 Å². The molecule has 0 fully saturated rings. The quantitative estimate of drug-likeness (QED) is 0.868. The van der Waals surface area contributed by atoms with Crippen LogP contribution >= 0.6 is 12.2 Å². The van der Waals surface area contributed by atoms with E-state index < -0.39 is 0 Å². The Balaban J connectivity index is 2.64. The zero-order chi connectivity index (χ0) is 14.0. The van der Waals surface area contributed by atoms with E-state index in [1.807, 2.05) is 0 Å². The highest BCUT2D eigenvalue weighted by Gasteiger charge is 2.11. The Bertz CT molecular complexity index is 679. The molecule has 0 atom stereocenters. The van der Waals surface area contributed by atoms with Crippen LogP contribution in [0, 0.1) is 5.82 Å². The van der Waals surface area contributed by atoms with Crippen LogP contribution in [0.2, 0.25) is 0 Å². The number of hydrogen-bond acceptors (Lipinski definition) is 3. The van der Waals surface area contributed by atoms with Crippen LogP contribution in [0.15, 0.2) is 35.1 Å². The summed E-state index contributed by atoms with van der Waals surface area (Å²) in [6.45, 7) is 2.20. The average Bonchev–Trinajstić information content (AvgIpc) is 2.39. The molecule has 4 nitrogen and oxygen atoms in total. The summed E-state index contributed by atoms with van der Waals surface area (Å²) in [6, 6.07) is 7.37. The Hall–Kier alpha value is -2.08. The zero-order valence-corrected chi connectivity index (χ0v) is 11.1. The number of nitrogens with zero attached hydrogens (tertiary/aromatic N) is 2. The minimum atomic E-state index is -0.331. The van der Waals surface area contributed by atoms with Gasteiger partial charge in [-0.2, -0.15) is 5.10 Å². The number of halogens is 1. The van der Waals surface area contributed by atoms with Gasteiger partial charge in [-0.25, -0.2) is 9.07 Å². The molecule has 0 spiro atoms. The van der Waals surface area contributed by atoms with Crippen molar-refractivity contribution in [3.63, 3.8) is 0 Å². The molecular weight excluding hydrogens is 265 g/mol. The molecule has 1 aromatic carbocycles. The Labute approximate surface area is 114 Å². The minimum absolute atomic E-state index is 0.0259. The lowest BCUT2D eigenvalue weighted by Gasteiger charge is -2.08. The van der Waals surface area contributed by atoms with Gasteiger partial charge < -0.3 is 5.73 Å². The van der Waals surface area contributed by atoms with E-state index in [0.29, 0.717) is 17.8 Å². The highest BCUT2D eigenvalue weighted by Crippen LogP contribution is 2.17. The first-order valence-electron chi connectivity index (χ1n) is 5.71. The molecule has 0 amide bonds. The average molecular weight is 277 g/mol. The van der Waals surface area contributed by atoms with Gasteiger partial charge in [-0.15, -0.1) is 0 Å². The van der Waals surface area contributed by atoms with Crippen molar-refractivity contribution in [1.82, 2.24) is 9.78 Å². The molecule has 6 heteroatoms. The maximum atomic E-state index is 12.9. The molecular formula is C13H12FN3OS. The third-order valence-corrected chi connectivity index (χ3v) is 2.90. The van der Waals surface area contributed by atoms with Gasteiger partial charge in [0.1, 0.15) is 10.8 Å². The summed E-state index contributed by atoms with van der Waals surface area (Å²) in [5, 5.41) is 4.20. The van der Waals surface area contributed by atoms with E-state index in [-0.39, 0.29) is 21.9 Å². The van der Waals surface area contributed by atoms with Gasteiger partial charge in [0.05, 0.1) is 11.3 Å². The Morgan fingerprint density at radius 2 is 2.05 bits per heavy atom. The third-order valence-electron chi connectivity index (χ3n) is 2.68. The zero-order valence-electron chi connectivity index (χ0n) is 10.3. The second-order valence-corrected chi connectivity index (χ2v) is 4.38. The van der Waals surface area contributed by atoms with Gasteiger partial charge in [0.25, 0.3) is 5.56 Å². The molecule has 0 aliphatic rings. The fourth-order valence-corrected chi connectivity index (χ4v) is 1.84. The summed E-state index contributed by atoms with van der Waals surface area (Å²) in [6.07, 6.45) is 0. The lowest BCUT2D eigenvalue weighted by molar-refractivity contribution is 0.617. The van der Waals surface area contributed by atoms with Gasteiger partial charge in [0, 0.05) is 12.1 Å². The van der Waals surface area contributed by atoms with Gasteiger partial charge in [-0.3, -0.25) is 4.79 Å². The fourth-order valence-electron chi connectivity index (χ4n) is 1.69. The maximum absolute atomic E-state index is 12.9. The molecule has 2 aromatic rings. The van der Waals surface area contributed by atoms with E-state index in [1.165, 1.54) is 22.9 Å². The van der Waals surface area contributed by atoms with Gasteiger partial charge in [-0.05, 0) is 37.3 Å². The van der Waals surface area contributed by atoms with Crippen LogP contribution in [-0.4, -0.2) is 14.8 Å². The van der Waals surface area contributed by atoms with Crippen LogP contribution < -0.4 is 11.3 Å². The molecule has 19 heavy (non-hydrogen) atoms. The summed E-state index contributed by atoms with van der Waals surface area (Å²) >= 11 is 4.86. The van der Waals surface area contributed by atoms with Crippen molar-refractivity contribution in [1.29, 1.82) is 0 Å². The summed E-state index contributed by atoms with van der Waals surface area (Å²) < 4.78 is 14.2. The van der Waals surface area contributed by atoms with E-state index in [0.717, 1.165) is 0 Å². The van der Waals surface area contributed by atoms with Crippen LogP contribution in [-0.2, 0) is 6.54 Å². The molecule has 0 saturated carbocycles. The monoisotopic (exact) mass is 277 g/mol. The van der Waals surface area contributed by atoms with Gasteiger partial charge in [-0.1, -0.05) is 12.2 Å². The molecule has 1 heterocycles. The molecule has 0 radical (unpaired) electrons. The number of aryl methyl sites for hydroxylation is 1. The van der Waals surface area contributed by atoms with Crippen LogP contribution in [0.4, 0.5) is 4.39 Å². The standard InChI is InChI=1S/C13H12FN3OS/c1-2-17-13(18)10(12(15)19)7-11(16-17)8-3-5-9(14)6-4-8/h3-7H,2H2,1H3,(H2,15,19). The predicted octanol–water partition coefficient (Wildman–Crippen LogP) is 1.70. The molecule has 0 bridgehead atoms. The van der Waals surface area contributed by atoms with Crippen molar-refractivity contribution in [3.05, 3.63) is 52.1 Å². The number of benzene rings is 1. The van der Waals surface area contributed by atoms with E-state index >= 15 is 0 Å². The maximum Gasteiger partial charge on any atom is 0.277 e. The Morgan fingerprint density at radius 1 is 1.42 bits per heavy atom. The topological polar surface area (TPSA) is 60.9 Å². The molecule has 0 aliphatic carbocycles. The first kappa shape index (κ1) is 13.4. The molecule has 2 N–H and O–H groups in total. The number of thiocarbonyl (C=S) groups is 1. The van der Waals surface area contributed by atoms with E-state index in [2.05, 4.69) is 5.10 Å². The molecule has 2 rings (SSSR count). The fraction of sp³-hybridized carbons (Fsp3) is 0.154. The lowest BCUT2D eigenvalue weighted by Crippen LogP contribution is -2.30. The number of nitrogens with two attached hydrogens (primary N) is 1. The highest BCUT2D eigenvalue weighted by molar-refractivity contribution is 7.80. The van der Waals surface area contributed by atoms with Crippen LogP contribution in [0.25, 0.3) is 11.3 Å². The molecule has 98 valence electrons. The second-order valence-electron chi connectivity index (χ2n) is 3.94. The summed E-state index contributed by atoms with van der Waals surface area (Å²) in [5.74, 6) is -0.331. The smallest absolute Gasteiger partial charge is 0.277 e.